The van der Waals surface area contributed by atoms with Crippen molar-refractivity contribution in [3.05, 3.63) is 40.5 Å². The Hall–Kier alpha value is -2.05. The van der Waals surface area contributed by atoms with E-state index in [1.54, 1.807) is 23.2 Å². The van der Waals surface area contributed by atoms with Gasteiger partial charge in [0.1, 0.15) is 5.82 Å². The van der Waals surface area contributed by atoms with Crippen LogP contribution in [0, 0.1) is 0 Å². The predicted octanol–water partition coefficient (Wildman–Crippen LogP) is 2.81. The highest BCUT2D eigenvalue weighted by molar-refractivity contribution is 6.43. The van der Waals surface area contributed by atoms with Crippen molar-refractivity contribution in [1.82, 2.24) is 14.9 Å². The van der Waals surface area contributed by atoms with Crippen LogP contribution in [0.3, 0.4) is 0 Å². The molecule has 1 amide bonds. The van der Waals surface area contributed by atoms with Gasteiger partial charge in [0, 0.05) is 32.4 Å². The Morgan fingerprint density at radius 3 is 2.65 bits per heavy atom. The maximum absolute atomic E-state index is 10.8. The van der Waals surface area contributed by atoms with Crippen LogP contribution in [0.15, 0.2) is 30.5 Å². The lowest BCUT2D eigenvalue weighted by atomic mass is 10.3. The Bertz CT molecular complexity index is 704. The van der Waals surface area contributed by atoms with Crippen molar-refractivity contribution in [2.45, 2.75) is 0 Å². The number of amides is 1. The number of carbonyl (C=O) groups is 1. The summed E-state index contributed by atoms with van der Waals surface area (Å²) < 4.78 is 0. The predicted molar refractivity (Wildman–Crippen MR) is 91.6 cm³/mol. The number of anilines is 3. The standard InChI is InChI=1S/C15H15Cl2N5O/c16-11-2-1-3-12(14(11)17)19-13-4-5-18-15(20-13)22-8-6-21(10-23)7-9-22/h1-5,10H,6-9H2,(H,18,19,20). The monoisotopic (exact) mass is 351 g/mol. The molecule has 3 rings (SSSR count). The van der Waals surface area contributed by atoms with Crippen molar-refractivity contribution in [3.8, 4) is 0 Å². The zero-order valence-corrected chi connectivity index (χ0v) is 13.8. The van der Waals surface area contributed by atoms with Crippen LogP contribution in [0.5, 0.6) is 0 Å². The smallest absolute Gasteiger partial charge is 0.227 e. The Labute approximate surface area is 144 Å². The van der Waals surface area contributed by atoms with E-state index in [0.29, 0.717) is 53.7 Å². The number of benzene rings is 1. The zero-order valence-electron chi connectivity index (χ0n) is 12.2. The molecule has 0 unspecified atom stereocenters. The minimum absolute atomic E-state index is 0.453. The maximum atomic E-state index is 10.8. The third kappa shape index (κ3) is 3.65. The van der Waals surface area contributed by atoms with Gasteiger partial charge in [-0.2, -0.15) is 4.98 Å². The summed E-state index contributed by atoms with van der Waals surface area (Å²) in [5.41, 5.74) is 0.689. The highest BCUT2D eigenvalue weighted by Gasteiger charge is 2.18. The summed E-state index contributed by atoms with van der Waals surface area (Å²) in [6, 6.07) is 7.14. The van der Waals surface area contributed by atoms with E-state index in [9.17, 15) is 4.79 Å². The number of halogens is 2. The lowest BCUT2D eigenvalue weighted by molar-refractivity contribution is -0.118. The molecule has 1 N–H and O–H groups in total. The molecular formula is C15H15Cl2N5O. The molecule has 1 aromatic carbocycles. The first kappa shape index (κ1) is 15.8. The lowest BCUT2D eigenvalue weighted by Gasteiger charge is -2.32. The lowest BCUT2D eigenvalue weighted by Crippen LogP contribution is -2.46. The van der Waals surface area contributed by atoms with Gasteiger partial charge in [0.2, 0.25) is 12.4 Å². The Kier molecular flexibility index (Phi) is 4.83. The van der Waals surface area contributed by atoms with Gasteiger partial charge in [-0.05, 0) is 18.2 Å². The van der Waals surface area contributed by atoms with Crippen LogP contribution in [0.1, 0.15) is 0 Å². The number of hydrogen-bond donors (Lipinski definition) is 1. The van der Waals surface area contributed by atoms with E-state index < -0.39 is 0 Å². The van der Waals surface area contributed by atoms with Gasteiger partial charge in [-0.1, -0.05) is 29.3 Å². The topological polar surface area (TPSA) is 61.4 Å². The number of rotatable bonds is 4. The third-order valence-corrected chi connectivity index (χ3v) is 4.42. The van der Waals surface area contributed by atoms with E-state index in [-0.39, 0.29) is 0 Å². The summed E-state index contributed by atoms with van der Waals surface area (Å²) in [7, 11) is 0. The average molecular weight is 352 g/mol. The van der Waals surface area contributed by atoms with Crippen LogP contribution in [-0.2, 0) is 4.79 Å². The van der Waals surface area contributed by atoms with Crippen LogP contribution >= 0.6 is 23.2 Å². The molecule has 1 aliphatic heterocycles. The molecule has 0 bridgehead atoms. The first-order valence-corrected chi connectivity index (χ1v) is 7.91. The van der Waals surface area contributed by atoms with Gasteiger partial charge in [0.15, 0.2) is 0 Å². The molecule has 0 radical (unpaired) electrons. The van der Waals surface area contributed by atoms with Crippen LogP contribution in [-0.4, -0.2) is 47.5 Å². The van der Waals surface area contributed by atoms with E-state index in [1.807, 2.05) is 17.0 Å². The van der Waals surface area contributed by atoms with E-state index >= 15 is 0 Å². The molecule has 120 valence electrons. The summed E-state index contributed by atoms with van der Waals surface area (Å²) in [6.45, 7) is 2.76. The van der Waals surface area contributed by atoms with Crippen molar-refractivity contribution in [2.24, 2.45) is 0 Å². The van der Waals surface area contributed by atoms with Gasteiger partial charge in [-0.3, -0.25) is 4.79 Å². The highest BCUT2D eigenvalue weighted by atomic mass is 35.5. The molecule has 2 aromatic rings. The fraction of sp³-hybridized carbons (Fsp3) is 0.267. The summed E-state index contributed by atoms with van der Waals surface area (Å²) in [4.78, 5) is 23.4. The molecule has 23 heavy (non-hydrogen) atoms. The van der Waals surface area contributed by atoms with Crippen LogP contribution in [0.4, 0.5) is 17.5 Å². The molecule has 6 nitrogen and oxygen atoms in total. The Morgan fingerprint density at radius 2 is 1.91 bits per heavy atom. The Morgan fingerprint density at radius 1 is 1.13 bits per heavy atom. The second-order valence-electron chi connectivity index (χ2n) is 5.10. The number of aromatic nitrogens is 2. The fourth-order valence-corrected chi connectivity index (χ4v) is 2.68. The maximum Gasteiger partial charge on any atom is 0.227 e. The highest BCUT2D eigenvalue weighted by Crippen LogP contribution is 2.31. The molecule has 8 heteroatoms. The molecule has 2 heterocycles. The number of piperazine rings is 1. The molecule has 0 aliphatic carbocycles. The van der Waals surface area contributed by atoms with E-state index in [1.165, 1.54) is 0 Å². The summed E-state index contributed by atoms with van der Waals surface area (Å²) >= 11 is 12.2. The first-order chi connectivity index (χ1) is 11.2. The molecule has 1 aliphatic rings. The molecule has 0 saturated carbocycles. The molecule has 1 aromatic heterocycles. The van der Waals surface area contributed by atoms with Gasteiger partial charge in [-0.25, -0.2) is 4.98 Å². The van der Waals surface area contributed by atoms with Gasteiger partial charge >= 0.3 is 0 Å². The van der Waals surface area contributed by atoms with E-state index in [4.69, 9.17) is 23.2 Å². The molecule has 0 spiro atoms. The largest absolute Gasteiger partial charge is 0.342 e. The number of hydrogen-bond acceptors (Lipinski definition) is 5. The van der Waals surface area contributed by atoms with Crippen LogP contribution < -0.4 is 10.2 Å². The number of nitrogens with zero attached hydrogens (tertiary/aromatic N) is 4. The van der Waals surface area contributed by atoms with Gasteiger partial charge in [0.05, 0.1) is 15.7 Å². The minimum Gasteiger partial charge on any atom is -0.342 e. The van der Waals surface area contributed by atoms with E-state index in [0.717, 1.165) is 6.41 Å². The minimum atomic E-state index is 0.453. The average Bonchev–Trinajstić information content (AvgIpc) is 2.59. The van der Waals surface area contributed by atoms with Crippen molar-refractivity contribution < 1.29 is 4.79 Å². The first-order valence-electron chi connectivity index (χ1n) is 7.16. The van der Waals surface area contributed by atoms with Crippen molar-refractivity contribution in [1.29, 1.82) is 0 Å². The molecule has 1 saturated heterocycles. The normalized spacial score (nSPS) is 14.7. The molecular weight excluding hydrogens is 337 g/mol. The van der Waals surface area contributed by atoms with Crippen LogP contribution in [0.25, 0.3) is 0 Å². The molecule has 0 atom stereocenters. The van der Waals surface area contributed by atoms with Crippen molar-refractivity contribution in [2.75, 3.05) is 36.4 Å². The number of carbonyl (C=O) groups excluding carboxylic acids is 1. The van der Waals surface area contributed by atoms with Gasteiger partial charge < -0.3 is 15.1 Å². The summed E-state index contributed by atoms with van der Waals surface area (Å²) in [5, 5.41) is 4.09. The number of nitrogens with one attached hydrogen (secondary N) is 1. The zero-order chi connectivity index (χ0) is 16.2. The van der Waals surface area contributed by atoms with Crippen LogP contribution in [0.2, 0.25) is 10.0 Å². The molecule has 1 fully saturated rings. The van der Waals surface area contributed by atoms with Crippen molar-refractivity contribution in [3.63, 3.8) is 0 Å². The Balaban J connectivity index is 1.75. The SMILES string of the molecule is O=CN1CCN(c2nccc(Nc3cccc(Cl)c3Cl)n2)CC1. The summed E-state index contributed by atoms with van der Waals surface area (Å²) in [5.74, 6) is 1.26. The third-order valence-electron chi connectivity index (χ3n) is 3.60. The second-order valence-corrected chi connectivity index (χ2v) is 5.88. The second kappa shape index (κ2) is 7.02. The van der Waals surface area contributed by atoms with Crippen molar-refractivity contribution >= 4 is 47.1 Å². The summed E-state index contributed by atoms with van der Waals surface area (Å²) in [6.07, 6.45) is 2.56. The van der Waals surface area contributed by atoms with E-state index in [2.05, 4.69) is 15.3 Å². The quantitative estimate of drug-likeness (QED) is 0.858. The fourth-order valence-electron chi connectivity index (χ4n) is 2.34. The van der Waals surface area contributed by atoms with Gasteiger partial charge in [-0.15, -0.1) is 0 Å². The van der Waals surface area contributed by atoms with Gasteiger partial charge in [0.25, 0.3) is 0 Å².